The summed E-state index contributed by atoms with van der Waals surface area (Å²) in [5.74, 6) is 0. The van der Waals surface area contributed by atoms with Crippen LogP contribution in [0.25, 0.3) is 22.1 Å². The molecule has 64 valence electrons. The van der Waals surface area contributed by atoms with Crippen molar-refractivity contribution in [3.05, 3.63) is 12.1 Å². The number of hydrogen-bond donors (Lipinski definition) is 2. The van der Waals surface area contributed by atoms with Gasteiger partial charge in [0, 0.05) is 0 Å². The van der Waals surface area contributed by atoms with Crippen molar-refractivity contribution in [3.63, 3.8) is 0 Å². The third-order valence-electron chi connectivity index (χ3n) is 1.89. The van der Waals surface area contributed by atoms with Gasteiger partial charge in [0.25, 0.3) is 0 Å². The van der Waals surface area contributed by atoms with Gasteiger partial charge in [-0.3, -0.25) is 0 Å². The van der Waals surface area contributed by atoms with Crippen molar-refractivity contribution in [2.75, 3.05) is 0 Å². The number of nitrogens with zero attached hydrogens (tertiary/aromatic N) is 5. The second-order valence-corrected chi connectivity index (χ2v) is 2.61. The van der Waals surface area contributed by atoms with Crippen LogP contribution >= 0.6 is 0 Å². The molecule has 1 aromatic carbocycles. The predicted octanol–water partition coefficient (Wildman–Crippen LogP) is -0.0601. The topological polar surface area (TPSA) is 92.5 Å². The molecule has 0 saturated heterocycles. The van der Waals surface area contributed by atoms with Gasteiger partial charge in [-0.25, -0.2) is 0 Å². The molecule has 7 nitrogen and oxygen atoms in total. The Balaban J connectivity index is 2.66. The molecule has 0 fully saturated rings. The molecule has 2 N–H and O–H groups in total. The second-order valence-electron chi connectivity index (χ2n) is 2.61. The summed E-state index contributed by atoms with van der Waals surface area (Å²) in [6.07, 6.45) is 0. The maximum absolute atomic E-state index is 9.24. The van der Waals surface area contributed by atoms with Crippen molar-refractivity contribution in [2.24, 2.45) is 0 Å². The average molecular weight is 176 g/mol. The van der Waals surface area contributed by atoms with E-state index in [1.807, 2.05) is 0 Å². The number of aromatic nitrogens is 6. The smallest absolute Gasteiger partial charge is 0.145 e. The molecule has 13 heavy (non-hydrogen) atoms. The van der Waals surface area contributed by atoms with Gasteiger partial charge >= 0.3 is 0 Å². The van der Waals surface area contributed by atoms with Crippen molar-refractivity contribution in [1.29, 1.82) is 0 Å². The van der Waals surface area contributed by atoms with Crippen molar-refractivity contribution >= 4 is 22.1 Å². The zero-order valence-electron chi connectivity index (χ0n) is 6.34. The molecule has 0 aliphatic rings. The fraction of sp³-hybridized carbons (Fsp3) is 0. The van der Waals surface area contributed by atoms with Gasteiger partial charge in [-0.1, -0.05) is 0 Å². The summed E-state index contributed by atoms with van der Waals surface area (Å²) in [6, 6.07) is 3.41. The summed E-state index contributed by atoms with van der Waals surface area (Å²) in [4.78, 5) is 0.823. The summed E-state index contributed by atoms with van der Waals surface area (Å²) < 4.78 is 0. The van der Waals surface area contributed by atoms with Crippen LogP contribution in [0.4, 0.5) is 0 Å². The maximum atomic E-state index is 9.24. The number of nitrogens with one attached hydrogen (secondary N) is 1. The van der Waals surface area contributed by atoms with Gasteiger partial charge in [0.1, 0.15) is 22.1 Å². The van der Waals surface area contributed by atoms with E-state index in [-0.39, 0.29) is 0 Å². The van der Waals surface area contributed by atoms with E-state index in [1.54, 1.807) is 12.1 Å². The number of rotatable bonds is 0. The molecule has 0 bridgehead atoms. The van der Waals surface area contributed by atoms with Gasteiger partial charge in [0.2, 0.25) is 0 Å². The summed E-state index contributed by atoms with van der Waals surface area (Å²) in [6.45, 7) is 0. The summed E-state index contributed by atoms with van der Waals surface area (Å²) in [5, 5.41) is 26.6. The van der Waals surface area contributed by atoms with Crippen LogP contribution in [0.2, 0.25) is 0 Å². The number of aromatic amines is 1. The Labute approximate surface area is 70.9 Å². The monoisotopic (exact) mass is 176 g/mol. The van der Waals surface area contributed by atoms with Crippen LogP contribution in [0, 0.1) is 0 Å². The van der Waals surface area contributed by atoms with Gasteiger partial charge in [0.05, 0.1) is 0 Å². The van der Waals surface area contributed by atoms with Crippen molar-refractivity contribution in [1.82, 2.24) is 30.6 Å². The molecule has 2 heterocycles. The molecule has 0 spiro atoms. The molecular formula is C6H4N6O. The predicted molar refractivity (Wildman–Crippen MR) is 42.2 cm³/mol. The Morgan fingerprint density at radius 2 is 2.15 bits per heavy atom. The minimum atomic E-state index is 0.551. The van der Waals surface area contributed by atoms with Gasteiger partial charge in [-0.2, -0.15) is 10.3 Å². The highest BCUT2D eigenvalue weighted by Crippen LogP contribution is 2.18. The van der Waals surface area contributed by atoms with E-state index in [2.05, 4.69) is 25.7 Å². The largest absolute Gasteiger partial charge is 0.412 e. The number of fused-ring (bicyclic) bond motifs is 3. The molecule has 3 aromatic rings. The van der Waals surface area contributed by atoms with E-state index in [1.165, 1.54) is 0 Å². The maximum Gasteiger partial charge on any atom is 0.145 e. The van der Waals surface area contributed by atoms with Gasteiger partial charge in [-0.05, 0) is 17.3 Å². The Hall–Kier alpha value is -2.18. The highest BCUT2D eigenvalue weighted by molar-refractivity contribution is 5.99. The Morgan fingerprint density at radius 1 is 1.23 bits per heavy atom. The van der Waals surface area contributed by atoms with Crippen molar-refractivity contribution < 1.29 is 5.21 Å². The van der Waals surface area contributed by atoms with E-state index in [4.69, 9.17) is 0 Å². The van der Waals surface area contributed by atoms with E-state index in [0.29, 0.717) is 22.1 Å². The van der Waals surface area contributed by atoms with E-state index in [0.717, 1.165) is 4.85 Å². The molecule has 0 amide bonds. The normalized spacial score (nSPS) is 11.4. The molecule has 0 saturated carbocycles. The minimum absolute atomic E-state index is 0.551. The lowest BCUT2D eigenvalue weighted by Gasteiger charge is -1.89. The Kier molecular flexibility index (Phi) is 0.950. The molecule has 0 unspecified atom stereocenters. The van der Waals surface area contributed by atoms with Crippen LogP contribution < -0.4 is 0 Å². The number of H-pyrrole nitrogens is 1. The number of hydrogen-bond acceptors (Lipinski definition) is 5. The van der Waals surface area contributed by atoms with Crippen LogP contribution in [0.1, 0.15) is 0 Å². The highest BCUT2D eigenvalue weighted by atomic mass is 16.5. The molecular weight excluding hydrogens is 172 g/mol. The molecule has 7 heteroatoms. The van der Waals surface area contributed by atoms with Crippen molar-refractivity contribution in [3.8, 4) is 0 Å². The first kappa shape index (κ1) is 6.35. The average Bonchev–Trinajstić information content (AvgIpc) is 2.70. The fourth-order valence-corrected chi connectivity index (χ4v) is 1.29. The van der Waals surface area contributed by atoms with Crippen molar-refractivity contribution in [2.45, 2.75) is 0 Å². The molecule has 0 aliphatic heterocycles. The third-order valence-corrected chi connectivity index (χ3v) is 1.89. The van der Waals surface area contributed by atoms with Gasteiger partial charge in [-0.15, -0.1) is 15.0 Å². The fourth-order valence-electron chi connectivity index (χ4n) is 1.29. The van der Waals surface area contributed by atoms with E-state index < -0.39 is 0 Å². The molecule has 3 rings (SSSR count). The molecule has 0 aliphatic carbocycles. The first-order valence-electron chi connectivity index (χ1n) is 3.60. The molecule has 2 aromatic heterocycles. The van der Waals surface area contributed by atoms with Crippen LogP contribution in [-0.4, -0.2) is 35.8 Å². The third kappa shape index (κ3) is 0.675. The first-order valence-corrected chi connectivity index (χ1v) is 3.60. The lowest BCUT2D eigenvalue weighted by Crippen LogP contribution is -1.90. The SMILES string of the molecule is On1[nH]nc2c3nnnc3ccc21. The second kappa shape index (κ2) is 1.94. The standard InChI is InChI=1S/C6H4N6O/c13-12-4-2-1-3-5(8-10-7-3)6(4)9-11-12/h1-2,11,13H. The lowest BCUT2D eigenvalue weighted by molar-refractivity contribution is 0.155. The summed E-state index contributed by atoms with van der Waals surface area (Å²) in [7, 11) is 0. The van der Waals surface area contributed by atoms with Crippen LogP contribution in [0.3, 0.4) is 0 Å². The van der Waals surface area contributed by atoms with Gasteiger partial charge in [0.15, 0.2) is 0 Å². The number of benzene rings is 1. The van der Waals surface area contributed by atoms with Crippen LogP contribution in [0.15, 0.2) is 12.1 Å². The quantitative estimate of drug-likeness (QED) is 0.468. The highest BCUT2D eigenvalue weighted by Gasteiger charge is 2.09. The zero-order valence-corrected chi connectivity index (χ0v) is 6.34. The summed E-state index contributed by atoms with van der Waals surface area (Å²) >= 11 is 0. The molecule has 0 atom stereocenters. The zero-order chi connectivity index (χ0) is 8.84. The lowest BCUT2D eigenvalue weighted by atomic mass is 10.3. The van der Waals surface area contributed by atoms with Crippen LogP contribution in [0.5, 0.6) is 0 Å². The van der Waals surface area contributed by atoms with E-state index >= 15 is 0 Å². The molecule has 0 radical (unpaired) electrons. The Bertz CT molecular complexity index is 581. The minimum Gasteiger partial charge on any atom is -0.412 e. The first-order chi connectivity index (χ1) is 6.36. The Morgan fingerprint density at radius 3 is 3.08 bits per heavy atom. The van der Waals surface area contributed by atoms with Crippen LogP contribution in [-0.2, 0) is 0 Å². The van der Waals surface area contributed by atoms with E-state index in [9.17, 15) is 5.21 Å². The van der Waals surface area contributed by atoms with Gasteiger partial charge < -0.3 is 5.21 Å². The summed E-state index contributed by atoms with van der Waals surface area (Å²) in [5.41, 5.74) is 2.36.